The number of halogens is 2. The maximum absolute atomic E-state index is 12.0. The van der Waals surface area contributed by atoms with E-state index in [-0.39, 0.29) is 18.4 Å². The van der Waals surface area contributed by atoms with E-state index in [2.05, 4.69) is 17.2 Å². The minimum absolute atomic E-state index is 0.0541. The van der Waals surface area contributed by atoms with E-state index in [4.69, 9.17) is 27.9 Å². The third kappa shape index (κ3) is 7.33. The number of esters is 1. The van der Waals surface area contributed by atoms with Gasteiger partial charge >= 0.3 is 5.97 Å². The molecule has 1 heterocycles. The molecule has 1 N–H and O–H groups in total. The molecule has 148 valence electrons. The Kier molecular flexibility index (Phi) is 8.98. The zero-order chi connectivity index (χ0) is 20.4. The smallest absolute Gasteiger partial charge is 0.331 e. The van der Waals surface area contributed by atoms with Gasteiger partial charge in [-0.2, -0.15) is 0 Å². The van der Waals surface area contributed by atoms with Crippen molar-refractivity contribution in [1.82, 2.24) is 10.3 Å². The summed E-state index contributed by atoms with van der Waals surface area (Å²) in [7, 11) is 0. The minimum atomic E-state index is -0.605. The van der Waals surface area contributed by atoms with E-state index in [0.717, 1.165) is 18.4 Å². The molecule has 0 spiro atoms. The lowest BCUT2D eigenvalue weighted by Crippen LogP contribution is -2.32. The molecule has 0 saturated heterocycles. The number of nitrogens with one attached hydrogen (secondary N) is 1. The van der Waals surface area contributed by atoms with Crippen LogP contribution in [0.3, 0.4) is 0 Å². The number of carbonyl (C=O) groups is 2. The Labute approximate surface area is 174 Å². The Bertz CT molecular complexity index is 826. The van der Waals surface area contributed by atoms with Crippen LogP contribution in [-0.4, -0.2) is 30.0 Å². The van der Waals surface area contributed by atoms with Crippen LogP contribution in [0.15, 0.2) is 48.7 Å². The molecule has 1 aromatic carbocycles. The second-order valence-electron chi connectivity index (χ2n) is 6.15. The number of hydrogen-bond donors (Lipinski definition) is 1. The largest absolute Gasteiger partial charge is 0.452 e. The van der Waals surface area contributed by atoms with Crippen LogP contribution in [0.2, 0.25) is 10.0 Å². The zero-order valence-electron chi connectivity index (χ0n) is 15.5. The fourth-order valence-electron chi connectivity index (χ4n) is 2.65. The van der Waals surface area contributed by atoms with E-state index in [0.29, 0.717) is 22.3 Å². The highest BCUT2D eigenvalue weighted by Gasteiger charge is 2.16. The summed E-state index contributed by atoms with van der Waals surface area (Å²) in [5.74, 6) is -0.920. The first-order chi connectivity index (χ1) is 13.5. The van der Waals surface area contributed by atoms with Gasteiger partial charge in [-0.3, -0.25) is 9.78 Å². The van der Waals surface area contributed by atoms with Gasteiger partial charge in [0.2, 0.25) is 0 Å². The van der Waals surface area contributed by atoms with Gasteiger partial charge in [-0.1, -0.05) is 48.7 Å². The average molecular weight is 421 g/mol. The summed E-state index contributed by atoms with van der Waals surface area (Å²) in [5, 5.41) is 3.94. The van der Waals surface area contributed by atoms with Crippen LogP contribution >= 0.6 is 23.2 Å². The van der Waals surface area contributed by atoms with Gasteiger partial charge in [-0.05, 0) is 42.3 Å². The molecule has 0 bridgehead atoms. The summed E-state index contributed by atoms with van der Waals surface area (Å²) in [4.78, 5) is 27.8. The van der Waals surface area contributed by atoms with Crippen molar-refractivity contribution in [3.63, 3.8) is 0 Å². The van der Waals surface area contributed by atoms with E-state index in [9.17, 15) is 9.59 Å². The highest BCUT2D eigenvalue weighted by Crippen LogP contribution is 2.30. The first-order valence-electron chi connectivity index (χ1n) is 8.97. The summed E-state index contributed by atoms with van der Waals surface area (Å²) in [6.45, 7) is 2.11. The summed E-state index contributed by atoms with van der Waals surface area (Å²) in [5.41, 5.74) is 1.56. The zero-order valence-corrected chi connectivity index (χ0v) is 17.0. The standard InChI is InChI=1S/C21H22Cl2N2O3/c1-2-5-15(18-9-7-16(22)12-19(18)23)13-25-20(26)14-28-21(27)10-8-17-6-3-4-11-24-17/h3-4,6-12,15H,2,5,13-14H2,1H3,(H,25,26). The second-order valence-corrected chi connectivity index (χ2v) is 6.99. The third-order valence-corrected chi connectivity index (χ3v) is 4.57. The van der Waals surface area contributed by atoms with Crippen LogP contribution in [0.25, 0.3) is 6.08 Å². The maximum Gasteiger partial charge on any atom is 0.331 e. The Morgan fingerprint density at radius 2 is 2.07 bits per heavy atom. The highest BCUT2D eigenvalue weighted by atomic mass is 35.5. The predicted molar refractivity (Wildman–Crippen MR) is 111 cm³/mol. The molecule has 0 aliphatic carbocycles. The van der Waals surface area contributed by atoms with Crippen molar-refractivity contribution >= 4 is 41.2 Å². The molecule has 1 aromatic heterocycles. The Morgan fingerprint density at radius 3 is 2.75 bits per heavy atom. The van der Waals surface area contributed by atoms with Crippen molar-refractivity contribution in [2.75, 3.05) is 13.2 Å². The van der Waals surface area contributed by atoms with Crippen LogP contribution in [0.1, 0.15) is 36.9 Å². The van der Waals surface area contributed by atoms with Gasteiger partial charge in [-0.25, -0.2) is 4.79 Å². The highest BCUT2D eigenvalue weighted by molar-refractivity contribution is 6.35. The number of rotatable bonds is 9. The summed E-state index contributed by atoms with van der Waals surface area (Å²) in [6.07, 6.45) is 6.18. The quantitative estimate of drug-likeness (QED) is 0.473. The van der Waals surface area contributed by atoms with Crippen molar-refractivity contribution in [3.05, 3.63) is 70.0 Å². The summed E-state index contributed by atoms with van der Waals surface area (Å²) in [6, 6.07) is 10.7. The Morgan fingerprint density at radius 1 is 1.25 bits per heavy atom. The van der Waals surface area contributed by atoms with Gasteiger partial charge in [0.25, 0.3) is 5.91 Å². The van der Waals surface area contributed by atoms with Crippen LogP contribution < -0.4 is 5.32 Å². The number of pyridine rings is 1. The first-order valence-corrected chi connectivity index (χ1v) is 9.72. The Hall–Kier alpha value is -2.37. The molecular weight excluding hydrogens is 399 g/mol. The van der Waals surface area contributed by atoms with Crippen molar-refractivity contribution in [1.29, 1.82) is 0 Å². The van der Waals surface area contributed by atoms with Gasteiger partial charge in [0.15, 0.2) is 6.61 Å². The monoisotopic (exact) mass is 420 g/mol. The number of amides is 1. The lowest BCUT2D eigenvalue weighted by Gasteiger charge is -2.19. The van der Waals surface area contributed by atoms with E-state index >= 15 is 0 Å². The van der Waals surface area contributed by atoms with Crippen molar-refractivity contribution in [2.45, 2.75) is 25.7 Å². The molecule has 7 heteroatoms. The van der Waals surface area contributed by atoms with Crippen LogP contribution in [0, 0.1) is 0 Å². The number of aromatic nitrogens is 1. The molecule has 0 aliphatic heterocycles. The van der Waals surface area contributed by atoms with E-state index < -0.39 is 5.97 Å². The number of hydrogen-bond acceptors (Lipinski definition) is 4. The minimum Gasteiger partial charge on any atom is -0.452 e. The van der Waals surface area contributed by atoms with Gasteiger partial charge < -0.3 is 10.1 Å². The normalized spacial score (nSPS) is 12.0. The van der Waals surface area contributed by atoms with Crippen LogP contribution in [-0.2, 0) is 14.3 Å². The Balaban J connectivity index is 1.82. The molecule has 5 nitrogen and oxygen atoms in total. The molecule has 1 unspecified atom stereocenters. The molecule has 0 saturated carbocycles. The predicted octanol–water partition coefficient (Wildman–Crippen LogP) is 4.64. The van der Waals surface area contributed by atoms with Gasteiger partial charge in [0, 0.05) is 34.8 Å². The number of ether oxygens (including phenoxy) is 1. The molecule has 1 atom stereocenters. The van der Waals surface area contributed by atoms with Crippen LogP contribution in [0.5, 0.6) is 0 Å². The maximum atomic E-state index is 12.0. The van der Waals surface area contributed by atoms with Crippen molar-refractivity contribution < 1.29 is 14.3 Å². The summed E-state index contributed by atoms with van der Waals surface area (Å²) < 4.78 is 4.95. The summed E-state index contributed by atoms with van der Waals surface area (Å²) >= 11 is 12.2. The van der Waals surface area contributed by atoms with Crippen LogP contribution in [0.4, 0.5) is 0 Å². The van der Waals surface area contributed by atoms with E-state index in [1.54, 1.807) is 30.5 Å². The molecule has 0 radical (unpaired) electrons. The molecule has 2 aromatic rings. The number of nitrogens with zero attached hydrogens (tertiary/aromatic N) is 1. The molecular formula is C21H22Cl2N2O3. The molecule has 28 heavy (non-hydrogen) atoms. The van der Waals surface area contributed by atoms with Gasteiger partial charge in [0.05, 0.1) is 5.69 Å². The lowest BCUT2D eigenvalue weighted by atomic mass is 9.94. The molecule has 0 fully saturated rings. The van der Waals surface area contributed by atoms with Gasteiger partial charge in [0.1, 0.15) is 0 Å². The molecule has 1 amide bonds. The van der Waals surface area contributed by atoms with Crippen molar-refractivity contribution in [3.8, 4) is 0 Å². The molecule has 0 aliphatic rings. The fourth-order valence-corrected chi connectivity index (χ4v) is 3.21. The second kappa shape index (κ2) is 11.5. The number of benzene rings is 1. The van der Waals surface area contributed by atoms with E-state index in [1.807, 2.05) is 12.1 Å². The third-order valence-electron chi connectivity index (χ3n) is 4.01. The SMILES string of the molecule is CCCC(CNC(=O)COC(=O)C=Cc1ccccn1)c1ccc(Cl)cc1Cl. The van der Waals surface area contributed by atoms with E-state index in [1.165, 1.54) is 12.2 Å². The molecule has 2 rings (SSSR count). The number of carbonyl (C=O) groups excluding carboxylic acids is 2. The van der Waals surface area contributed by atoms with Crippen molar-refractivity contribution in [2.24, 2.45) is 0 Å². The first kappa shape index (κ1) is 21.9. The fraction of sp³-hybridized carbons (Fsp3) is 0.286. The average Bonchev–Trinajstić information content (AvgIpc) is 2.69. The van der Waals surface area contributed by atoms with Gasteiger partial charge in [-0.15, -0.1) is 0 Å². The lowest BCUT2D eigenvalue weighted by molar-refractivity contribution is -0.143. The topological polar surface area (TPSA) is 68.3 Å².